The van der Waals surface area contributed by atoms with E-state index in [1.54, 1.807) is 0 Å². The topological polar surface area (TPSA) is 28.2 Å². The Hall–Kier alpha value is -0.660. The first-order valence-corrected chi connectivity index (χ1v) is 7.69. The van der Waals surface area contributed by atoms with E-state index in [4.69, 9.17) is 0 Å². The van der Waals surface area contributed by atoms with E-state index in [9.17, 15) is 13.2 Å². The van der Waals surface area contributed by atoms with Gasteiger partial charge in [0, 0.05) is 30.6 Å². The number of thiazole rings is 1. The smallest absolute Gasteiger partial charge is 0.308 e. The summed E-state index contributed by atoms with van der Waals surface area (Å²) in [5, 5.41) is 6.05. The van der Waals surface area contributed by atoms with Crippen molar-refractivity contribution in [1.29, 1.82) is 0 Å². The van der Waals surface area contributed by atoms with Crippen molar-refractivity contribution in [3.63, 3.8) is 0 Å². The van der Waals surface area contributed by atoms with Gasteiger partial charge in [0.05, 0.1) is 12.2 Å². The minimum absolute atomic E-state index is 0.0792. The molecule has 7 heteroatoms. The molecule has 20 heavy (non-hydrogen) atoms. The van der Waals surface area contributed by atoms with Crippen molar-refractivity contribution in [1.82, 2.24) is 15.2 Å². The third kappa shape index (κ3) is 5.38. The molecule has 1 heterocycles. The van der Waals surface area contributed by atoms with Gasteiger partial charge < -0.3 is 5.32 Å². The van der Waals surface area contributed by atoms with Gasteiger partial charge in [-0.2, -0.15) is 13.2 Å². The molecule has 1 fully saturated rings. The number of halogens is 3. The maximum absolute atomic E-state index is 12.5. The van der Waals surface area contributed by atoms with Crippen LogP contribution < -0.4 is 5.32 Å². The van der Waals surface area contributed by atoms with Crippen LogP contribution in [0.4, 0.5) is 13.2 Å². The third-order valence-corrected chi connectivity index (χ3v) is 3.97. The Morgan fingerprint density at radius 3 is 2.70 bits per heavy atom. The minimum atomic E-state index is -4.14. The Morgan fingerprint density at radius 2 is 2.15 bits per heavy atom. The Balaban J connectivity index is 1.90. The number of rotatable bonds is 7. The first kappa shape index (κ1) is 15.7. The molecule has 0 aromatic carbocycles. The van der Waals surface area contributed by atoms with Gasteiger partial charge in [0.15, 0.2) is 0 Å². The zero-order valence-corrected chi connectivity index (χ0v) is 12.5. The Kier molecular flexibility index (Phi) is 5.04. The second-order valence-electron chi connectivity index (χ2n) is 5.52. The second kappa shape index (κ2) is 6.41. The normalized spacial score (nSPS) is 16.4. The maximum atomic E-state index is 12.5. The van der Waals surface area contributed by atoms with Crippen molar-refractivity contribution in [2.24, 2.45) is 0 Å². The van der Waals surface area contributed by atoms with Crippen molar-refractivity contribution < 1.29 is 13.2 Å². The van der Waals surface area contributed by atoms with Crippen LogP contribution in [-0.2, 0) is 13.1 Å². The molecule has 3 nitrogen and oxygen atoms in total. The summed E-state index contributed by atoms with van der Waals surface area (Å²) in [6.45, 7) is 4.22. The first-order chi connectivity index (χ1) is 9.33. The number of hydrogen-bond donors (Lipinski definition) is 1. The fourth-order valence-corrected chi connectivity index (χ4v) is 2.72. The molecule has 2 rings (SSSR count). The van der Waals surface area contributed by atoms with E-state index in [0.29, 0.717) is 19.1 Å². The van der Waals surface area contributed by atoms with E-state index < -0.39 is 12.7 Å². The van der Waals surface area contributed by atoms with Gasteiger partial charge in [-0.1, -0.05) is 13.8 Å². The van der Waals surface area contributed by atoms with Crippen LogP contribution in [0.5, 0.6) is 0 Å². The molecule has 0 aliphatic heterocycles. The van der Waals surface area contributed by atoms with Gasteiger partial charge in [-0.3, -0.25) is 4.90 Å². The zero-order chi connectivity index (χ0) is 14.8. The molecule has 1 aromatic rings. The standard InChI is InChI=1S/C13H20F3N3S/c1-9(2)17-5-12-18-10(7-20-12)6-19(11-3-4-11)8-13(14,15)16/h7,9,11,17H,3-6,8H2,1-2H3. The summed E-state index contributed by atoms with van der Waals surface area (Å²) in [7, 11) is 0. The summed E-state index contributed by atoms with van der Waals surface area (Å²) in [6, 6.07) is 0.450. The molecule has 0 spiro atoms. The van der Waals surface area contributed by atoms with Crippen LogP contribution in [0.15, 0.2) is 5.38 Å². The van der Waals surface area contributed by atoms with Crippen molar-refractivity contribution >= 4 is 11.3 Å². The van der Waals surface area contributed by atoms with Crippen LogP contribution >= 0.6 is 11.3 Å². The highest BCUT2D eigenvalue weighted by Crippen LogP contribution is 2.31. The lowest BCUT2D eigenvalue weighted by atomic mass is 10.3. The van der Waals surface area contributed by atoms with Crippen LogP contribution in [-0.4, -0.2) is 34.7 Å². The fraction of sp³-hybridized carbons (Fsp3) is 0.769. The van der Waals surface area contributed by atoms with Crippen LogP contribution in [0, 0.1) is 0 Å². The molecule has 0 bridgehead atoms. The van der Waals surface area contributed by atoms with E-state index in [-0.39, 0.29) is 6.04 Å². The van der Waals surface area contributed by atoms with E-state index in [0.717, 1.165) is 23.5 Å². The number of nitrogens with zero attached hydrogens (tertiary/aromatic N) is 2. The minimum Gasteiger partial charge on any atom is -0.308 e. The maximum Gasteiger partial charge on any atom is 0.401 e. The predicted molar refractivity (Wildman–Crippen MR) is 73.6 cm³/mol. The van der Waals surface area contributed by atoms with Gasteiger partial charge in [-0.05, 0) is 12.8 Å². The van der Waals surface area contributed by atoms with Crippen LogP contribution in [0.25, 0.3) is 0 Å². The molecular formula is C13H20F3N3S. The van der Waals surface area contributed by atoms with E-state index >= 15 is 0 Å². The van der Waals surface area contributed by atoms with Crippen molar-refractivity contribution in [2.75, 3.05) is 6.54 Å². The van der Waals surface area contributed by atoms with Gasteiger partial charge in [0.2, 0.25) is 0 Å². The summed E-state index contributed by atoms with van der Waals surface area (Å²) in [5.74, 6) is 0. The molecular weight excluding hydrogens is 287 g/mol. The molecule has 0 radical (unpaired) electrons. The Bertz CT molecular complexity index is 427. The van der Waals surface area contributed by atoms with E-state index in [1.165, 1.54) is 16.2 Å². The van der Waals surface area contributed by atoms with Gasteiger partial charge in [0.25, 0.3) is 0 Å². The molecule has 1 aromatic heterocycles. The number of alkyl halides is 3. The average Bonchev–Trinajstić information content (AvgIpc) is 3.06. The lowest BCUT2D eigenvalue weighted by Gasteiger charge is -2.22. The summed E-state index contributed by atoms with van der Waals surface area (Å²) < 4.78 is 37.6. The molecule has 0 saturated heterocycles. The molecule has 1 aliphatic rings. The number of nitrogens with one attached hydrogen (secondary N) is 1. The highest BCUT2D eigenvalue weighted by Gasteiger charge is 2.38. The molecule has 1 saturated carbocycles. The Labute approximate surface area is 121 Å². The average molecular weight is 307 g/mol. The highest BCUT2D eigenvalue weighted by molar-refractivity contribution is 7.09. The van der Waals surface area contributed by atoms with Crippen molar-refractivity contribution in [2.45, 2.75) is 58.0 Å². The molecule has 0 atom stereocenters. The van der Waals surface area contributed by atoms with Gasteiger partial charge in [-0.15, -0.1) is 11.3 Å². The zero-order valence-electron chi connectivity index (χ0n) is 11.7. The van der Waals surface area contributed by atoms with Crippen LogP contribution in [0.1, 0.15) is 37.4 Å². The monoisotopic (exact) mass is 307 g/mol. The largest absolute Gasteiger partial charge is 0.401 e. The van der Waals surface area contributed by atoms with Crippen LogP contribution in [0.3, 0.4) is 0 Å². The quantitative estimate of drug-likeness (QED) is 0.838. The third-order valence-electron chi connectivity index (χ3n) is 3.07. The van der Waals surface area contributed by atoms with E-state index in [1.807, 2.05) is 19.2 Å². The molecule has 0 amide bonds. The van der Waals surface area contributed by atoms with Crippen molar-refractivity contribution in [3.05, 3.63) is 16.1 Å². The number of hydrogen-bond acceptors (Lipinski definition) is 4. The lowest BCUT2D eigenvalue weighted by molar-refractivity contribution is -0.148. The molecule has 114 valence electrons. The van der Waals surface area contributed by atoms with E-state index in [2.05, 4.69) is 10.3 Å². The van der Waals surface area contributed by atoms with Gasteiger partial charge in [0.1, 0.15) is 5.01 Å². The summed E-state index contributed by atoms with van der Waals surface area (Å²) in [5.41, 5.74) is 0.742. The van der Waals surface area contributed by atoms with Crippen molar-refractivity contribution in [3.8, 4) is 0 Å². The SMILES string of the molecule is CC(C)NCc1nc(CN(CC(F)(F)F)C2CC2)cs1. The first-order valence-electron chi connectivity index (χ1n) is 6.81. The van der Waals surface area contributed by atoms with Gasteiger partial charge in [-0.25, -0.2) is 4.98 Å². The summed E-state index contributed by atoms with van der Waals surface area (Å²) in [4.78, 5) is 5.90. The van der Waals surface area contributed by atoms with Crippen LogP contribution in [0.2, 0.25) is 0 Å². The highest BCUT2D eigenvalue weighted by atomic mass is 32.1. The molecule has 1 aliphatic carbocycles. The van der Waals surface area contributed by atoms with Gasteiger partial charge >= 0.3 is 6.18 Å². The fourth-order valence-electron chi connectivity index (χ4n) is 1.99. The molecule has 0 unspecified atom stereocenters. The molecule has 1 N–H and O–H groups in total. The lowest BCUT2D eigenvalue weighted by Crippen LogP contribution is -2.35. The predicted octanol–water partition coefficient (Wildman–Crippen LogP) is 3.17. The Morgan fingerprint density at radius 1 is 1.45 bits per heavy atom. The summed E-state index contributed by atoms with van der Waals surface area (Å²) in [6.07, 6.45) is -2.41. The summed E-state index contributed by atoms with van der Waals surface area (Å²) >= 11 is 1.50. The second-order valence-corrected chi connectivity index (χ2v) is 6.46. The number of aromatic nitrogens is 1.